The van der Waals surface area contributed by atoms with Gasteiger partial charge in [-0.25, -0.2) is 0 Å². The number of hydrogen-bond acceptors (Lipinski definition) is 4. The number of aromatic hydroxyl groups is 2. The predicted molar refractivity (Wildman–Crippen MR) is 67.4 cm³/mol. The van der Waals surface area contributed by atoms with Crippen LogP contribution in [0.3, 0.4) is 0 Å². The molecule has 4 N–H and O–H groups in total. The number of rotatable bonds is 2. The molecule has 2 rings (SSSR count). The summed E-state index contributed by atoms with van der Waals surface area (Å²) in [5.41, 5.74) is 5.88. The lowest BCUT2D eigenvalue weighted by Gasteiger charge is -2.50. The van der Waals surface area contributed by atoms with E-state index in [1.54, 1.807) is 4.90 Å². The smallest absolute Gasteiger partial charge is 0.257 e. The van der Waals surface area contributed by atoms with Crippen LogP contribution in [0.1, 0.15) is 24.2 Å². The van der Waals surface area contributed by atoms with E-state index in [1.165, 1.54) is 18.2 Å². The van der Waals surface area contributed by atoms with Gasteiger partial charge in [-0.05, 0) is 24.1 Å². The third-order valence-corrected chi connectivity index (χ3v) is 3.62. The van der Waals surface area contributed by atoms with Gasteiger partial charge in [0.15, 0.2) is 0 Å². The second-order valence-corrected chi connectivity index (χ2v) is 5.25. The fourth-order valence-electron chi connectivity index (χ4n) is 2.04. The van der Waals surface area contributed by atoms with Crippen molar-refractivity contribution in [1.29, 1.82) is 0 Å². The molecule has 1 aliphatic heterocycles. The third-order valence-electron chi connectivity index (χ3n) is 3.62. The minimum absolute atomic E-state index is 0.0421. The van der Waals surface area contributed by atoms with Crippen molar-refractivity contribution in [2.24, 2.45) is 11.7 Å². The number of carbonyl (C=O) groups excluding carboxylic acids is 1. The number of nitrogens with two attached hydrogens (primary N) is 1. The first kappa shape index (κ1) is 12.7. The van der Waals surface area contributed by atoms with Gasteiger partial charge >= 0.3 is 0 Å². The van der Waals surface area contributed by atoms with Gasteiger partial charge in [0.1, 0.15) is 11.5 Å². The van der Waals surface area contributed by atoms with Crippen molar-refractivity contribution >= 4 is 5.91 Å². The highest BCUT2D eigenvalue weighted by Gasteiger charge is 2.44. The molecule has 1 aromatic rings. The fraction of sp³-hybridized carbons (Fsp3) is 0.462. The Kier molecular flexibility index (Phi) is 2.94. The van der Waals surface area contributed by atoms with Crippen LogP contribution in [-0.4, -0.2) is 39.6 Å². The van der Waals surface area contributed by atoms with Crippen LogP contribution < -0.4 is 5.73 Å². The van der Waals surface area contributed by atoms with E-state index in [0.29, 0.717) is 19.0 Å². The molecule has 0 bridgehead atoms. The number of phenols is 2. The molecule has 98 valence electrons. The van der Waals surface area contributed by atoms with E-state index < -0.39 is 0 Å². The number of phenolic OH excluding ortho intramolecular Hbond substituents is 2. The van der Waals surface area contributed by atoms with Crippen molar-refractivity contribution in [2.45, 2.75) is 19.4 Å². The number of carbonyl (C=O) groups is 1. The van der Waals surface area contributed by atoms with Crippen molar-refractivity contribution in [1.82, 2.24) is 4.90 Å². The van der Waals surface area contributed by atoms with Crippen LogP contribution in [0.5, 0.6) is 11.5 Å². The van der Waals surface area contributed by atoms with Crippen LogP contribution >= 0.6 is 0 Å². The standard InChI is InChI=1S/C13H18N2O3/c1-8(2)13(14)6-15(7-13)12(18)10-5-9(16)3-4-11(10)17/h3-5,8,16-17H,6-7,14H2,1-2H3. The molecule has 1 fully saturated rings. The molecule has 0 radical (unpaired) electrons. The molecule has 0 saturated carbocycles. The summed E-state index contributed by atoms with van der Waals surface area (Å²) in [6.07, 6.45) is 0. The van der Waals surface area contributed by atoms with Gasteiger partial charge in [-0.15, -0.1) is 0 Å². The number of likely N-dealkylation sites (tertiary alicyclic amines) is 1. The van der Waals surface area contributed by atoms with Crippen molar-refractivity contribution in [2.75, 3.05) is 13.1 Å². The van der Waals surface area contributed by atoms with E-state index in [1.807, 2.05) is 13.8 Å². The molecular weight excluding hydrogens is 232 g/mol. The second kappa shape index (κ2) is 4.17. The van der Waals surface area contributed by atoms with Gasteiger partial charge in [-0.3, -0.25) is 4.79 Å². The molecule has 5 nitrogen and oxygen atoms in total. The minimum Gasteiger partial charge on any atom is -0.508 e. The molecule has 1 aliphatic rings. The Morgan fingerprint density at radius 2 is 2.00 bits per heavy atom. The van der Waals surface area contributed by atoms with Gasteiger partial charge < -0.3 is 20.8 Å². The van der Waals surface area contributed by atoms with E-state index in [2.05, 4.69) is 0 Å². The topological polar surface area (TPSA) is 86.8 Å². The summed E-state index contributed by atoms with van der Waals surface area (Å²) in [5, 5.41) is 19.0. The normalized spacial score (nSPS) is 17.7. The Hall–Kier alpha value is -1.75. The van der Waals surface area contributed by atoms with Crippen LogP contribution in [0, 0.1) is 5.92 Å². The lowest BCUT2D eigenvalue weighted by atomic mass is 9.80. The molecule has 0 aliphatic carbocycles. The van der Waals surface area contributed by atoms with Gasteiger partial charge in [0.05, 0.1) is 11.1 Å². The van der Waals surface area contributed by atoms with E-state index in [4.69, 9.17) is 5.73 Å². The van der Waals surface area contributed by atoms with Crippen molar-refractivity contribution in [3.8, 4) is 11.5 Å². The fourth-order valence-corrected chi connectivity index (χ4v) is 2.04. The maximum absolute atomic E-state index is 12.1. The summed E-state index contributed by atoms with van der Waals surface area (Å²) in [4.78, 5) is 13.7. The average Bonchev–Trinajstić information content (AvgIpc) is 2.27. The largest absolute Gasteiger partial charge is 0.508 e. The van der Waals surface area contributed by atoms with E-state index in [-0.39, 0.29) is 28.5 Å². The highest BCUT2D eigenvalue weighted by atomic mass is 16.3. The first-order valence-electron chi connectivity index (χ1n) is 5.93. The Morgan fingerprint density at radius 3 is 2.56 bits per heavy atom. The van der Waals surface area contributed by atoms with Crippen LogP contribution in [0.4, 0.5) is 0 Å². The maximum Gasteiger partial charge on any atom is 0.257 e. The first-order valence-corrected chi connectivity index (χ1v) is 5.93. The molecule has 1 saturated heterocycles. The summed E-state index contributed by atoms with van der Waals surface area (Å²) in [7, 11) is 0. The zero-order valence-electron chi connectivity index (χ0n) is 10.6. The molecular formula is C13H18N2O3. The number of benzene rings is 1. The highest BCUT2D eigenvalue weighted by Crippen LogP contribution is 2.30. The summed E-state index contributed by atoms with van der Waals surface area (Å²) < 4.78 is 0. The SMILES string of the molecule is CC(C)C1(N)CN(C(=O)c2cc(O)ccc2O)C1. The molecule has 18 heavy (non-hydrogen) atoms. The Bertz CT molecular complexity index is 479. The predicted octanol–water partition coefficient (Wildman–Crippen LogP) is 0.907. The van der Waals surface area contributed by atoms with Crippen molar-refractivity contribution in [3.05, 3.63) is 23.8 Å². The molecule has 1 aromatic carbocycles. The molecule has 5 heteroatoms. The zero-order chi connectivity index (χ0) is 13.5. The van der Waals surface area contributed by atoms with E-state index >= 15 is 0 Å². The van der Waals surface area contributed by atoms with Gasteiger partial charge in [0, 0.05) is 13.1 Å². The molecule has 0 atom stereocenters. The zero-order valence-corrected chi connectivity index (χ0v) is 10.6. The lowest BCUT2D eigenvalue weighted by Crippen LogP contribution is -2.71. The molecule has 0 aromatic heterocycles. The van der Waals surface area contributed by atoms with Gasteiger partial charge in [-0.1, -0.05) is 13.8 Å². The van der Waals surface area contributed by atoms with Gasteiger partial charge in [0.25, 0.3) is 5.91 Å². The second-order valence-electron chi connectivity index (χ2n) is 5.25. The molecule has 0 unspecified atom stereocenters. The van der Waals surface area contributed by atoms with E-state index in [9.17, 15) is 15.0 Å². The third kappa shape index (κ3) is 2.01. The Labute approximate surface area is 106 Å². The Morgan fingerprint density at radius 1 is 1.39 bits per heavy atom. The van der Waals surface area contributed by atoms with Crippen LogP contribution in [-0.2, 0) is 0 Å². The summed E-state index contributed by atoms with van der Waals surface area (Å²) in [6.45, 7) is 4.98. The average molecular weight is 250 g/mol. The first-order chi connectivity index (χ1) is 8.33. The summed E-state index contributed by atoms with van der Waals surface area (Å²) >= 11 is 0. The maximum atomic E-state index is 12.1. The monoisotopic (exact) mass is 250 g/mol. The van der Waals surface area contributed by atoms with Gasteiger partial charge in [-0.2, -0.15) is 0 Å². The minimum atomic E-state index is -0.345. The van der Waals surface area contributed by atoms with Crippen molar-refractivity contribution < 1.29 is 15.0 Å². The number of amides is 1. The quantitative estimate of drug-likeness (QED) is 0.681. The van der Waals surface area contributed by atoms with Crippen LogP contribution in [0.15, 0.2) is 18.2 Å². The number of nitrogens with zero attached hydrogens (tertiary/aromatic N) is 1. The van der Waals surface area contributed by atoms with Crippen LogP contribution in [0.25, 0.3) is 0 Å². The molecule has 0 spiro atoms. The summed E-state index contributed by atoms with van der Waals surface area (Å²) in [5.74, 6) is -0.180. The highest BCUT2D eigenvalue weighted by molar-refractivity contribution is 5.97. The van der Waals surface area contributed by atoms with Gasteiger partial charge in [0.2, 0.25) is 0 Å². The Balaban J connectivity index is 2.13. The summed E-state index contributed by atoms with van der Waals surface area (Å²) in [6, 6.07) is 3.91. The number of hydrogen-bond donors (Lipinski definition) is 3. The van der Waals surface area contributed by atoms with E-state index in [0.717, 1.165) is 0 Å². The molecule has 1 heterocycles. The van der Waals surface area contributed by atoms with Crippen LogP contribution in [0.2, 0.25) is 0 Å². The lowest BCUT2D eigenvalue weighted by molar-refractivity contribution is 0.0272. The van der Waals surface area contributed by atoms with Crippen molar-refractivity contribution in [3.63, 3.8) is 0 Å². The molecule has 1 amide bonds.